The average Bonchev–Trinajstić information content (AvgIpc) is 2.55. The monoisotopic (exact) mass is 201 g/mol. The van der Waals surface area contributed by atoms with Gasteiger partial charge < -0.3 is 5.11 Å². The van der Waals surface area contributed by atoms with E-state index in [9.17, 15) is 20.0 Å². The molecular formula is C7H7NO4S. The molecule has 0 bridgehead atoms. The normalized spacial score (nSPS) is 14.8. The van der Waals surface area contributed by atoms with Crippen molar-refractivity contribution in [3.8, 4) is 0 Å². The summed E-state index contributed by atoms with van der Waals surface area (Å²) in [6.45, 7) is -0.795. The van der Waals surface area contributed by atoms with Gasteiger partial charge in [0.1, 0.15) is 0 Å². The van der Waals surface area contributed by atoms with Gasteiger partial charge in [-0.15, -0.1) is 11.3 Å². The smallest absolute Gasteiger partial charge is 0.244 e. The Bertz CT molecular complexity index is 310. The Labute approximate surface area is 77.8 Å². The molecule has 0 spiro atoms. The molecular weight excluding hydrogens is 194 g/mol. The minimum Gasteiger partial charge on any atom is -0.371 e. The number of carbonyl (C=O) groups excluding carboxylic acids is 1. The van der Waals surface area contributed by atoms with Crippen molar-refractivity contribution >= 4 is 17.6 Å². The molecule has 0 fully saturated rings. The summed E-state index contributed by atoms with van der Waals surface area (Å²) in [5.41, 5.74) is -1.97. The zero-order valence-electron chi connectivity index (χ0n) is 6.54. The molecule has 1 N–H and O–H groups in total. The van der Waals surface area contributed by atoms with Crippen LogP contribution in [-0.2, 0) is 10.4 Å². The third kappa shape index (κ3) is 2.10. The molecule has 1 rings (SSSR count). The third-order valence-corrected chi connectivity index (χ3v) is 2.55. The third-order valence-electron chi connectivity index (χ3n) is 1.51. The average molecular weight is 201 g/mol. The Balaban J connectivity index is 2.94. The molecule has 0 aliphatic rings. The van der Waals surface area contributed by atoms with E-state index in [0.717, 1.165) is 11.3 Å². The Morgan fingerprint density at radius 3 is 2.85 bits per heavy atom. The van der Waals surface area contributed by atoms with E-state index in [0.29, 0.717) is 4.88 Å². The van der Waals surface area contributed by atoms with Gasteiger partial charge in [0.05, 0.1) is 4.88 Å². The van der Waals surface area contributed by atoms with Crippen molar-refractivity contribution < 1.29 is 14.8 Å². The standard InChI is InChI=1S/C7H7NO4S/c9-5-7(10,4-8(11)12)6-2-1-3-13-6/h1-3,5,10H,4H2/t7-/m0/s1. The number of rotatable bonds is 4. The Hall–Kier alpha value is -1.27. The highest BCUT2D eigenvalue weighted by atomic mass is 32.1. The second kappa shape index (κ2) is 3.63. The summed E-state index contributed by atoms with van der Waals surface area (Å²) in [5, 5.41) is 21.4. The van der Waals surface area contributed by atoms with Crippen LogP contribution in [-0.4, -0.2) is 22.9 Å². The summed E-state index contributed by atoms with van der Waals surface area (Å²) >= 11 is 1.11. The molecule has 1 heterocycles. The van der Waals surface area contributed by atoms with Gasteiger partial charge in [0.25, 0.3) is 0 Å². The van der Waals surface area contributed by atoms with Gasteiger partial charge in [0.15, 0.2) is 6.29 Å². The minimum absolute atomic E-state index is 0.196. The highest BCUT2D eigenvalue weighted by molar-refractivity contribution is 7.10. The molecule has 0 radical (unpaired) electrons. The fourth-order valence-corrected chi connectivity index (χ4v) is 1.67. The van der Waals surface area contributed by atoms with E-state index in [1.54, 1.807) is 11.4 Å². The summed E-state index contributed by atoms with van der Waals surface area (Å²) in [6.07, 6.45) is 0.196. The van der Waals surface area contributed by atoms with Crippen LogP contribution in [0.15, 0.2) is 17.5 Å². The second-order valence-corrected chi connectivity index (χ2v) is 3.46. The lowest BCUT2D eigenvalue weighted by atomic mass is 10.1. The summed E-state index contributed by atoms with van der Waals surface area (Å²) in [4.78, 5) is 20.2. The van der Waals surface area contributed by atoms with Crippen LogP contribution in [0.3, 0.4) is 0 Å². The van der Waals surface area contributed by atoms with Crippen LogP contribution in [0, 0.1) is 10.1 Å². The van der Waals surface area contributed by atoms with Gasteiger partial charge in [-0.2, -0.15) is 0 Å². The van der Waals surface area contributed by atoms with Gasteiger partial charge in [-0.25, -0.2) is 0 Å². The number of aliphatic hydroxyl groups is 1. The molecule has 0 aliphatic heterocycles. The summed E-state index contributed by atoms with van der Waals surface area (Å²) in [7, 11) is 0. The topological polar surface area (TPSA) is 80.4 Å². The number of nitro groups is 1. The second-order valence-electron chi connectivity index (χ2n) is 2.51. The maximum Gasteiger partial charge on any atom is 0.244 e. The number of carbonyl (C=O) groups is 1. The van der Waals surface area contributed by atoms with E-state index in [1.165, 1.54) is 6.07 Å². The van der Waals surface area contributed by atoms with Crippen LogP contribution in [0.4, 0.5) is 0 Å². The van der Waals surface area contributed by atoms with Gasteiger partial charge in [-0.3, -0.25) is 14.9 Å². The lowest BCUT2D eigenvalue weighted by molar-refractivity contribution is -0.497. The molecule has 1 aromatic rings. The lowest BCUT2D eigenvalue weighted by Gasteiger charge is -2.14. The highest BCUT2D eigenvalue weighted by Gasteiger charge is 2.35. The first kappa shape index (κ1) is 9.82. The van der Waals surface area contributed by atoms with E-state index >= 15 is 0 Å². The van der Waals surface area contributed by atoms with E-state index in [1.807, 2.05) is 0 Å². The summed E-state index contributed by atoms with van der Waals surface area (Å²) < 4.78 is 0. The first-order valence-electron chi connectivity index (χ1n) is 3.43. The number of nitrogens with zero attached hydrogens (tertiary/aromatic N) is 1. The molecule has 13 heavy (non-hydrogen) atoms. The molecule has 0 aliphatic carbocycles. The molecule has 0 unspecified atom stereocenters. The molecule has 0 saturated carbocycles. The predicted molar refractivity (Wildman–Crippen MR) is 46.1 cm³/mol. The van der Waals surface area contributed by atoms with Crippen LogP contribution < -0.4 is 0 Å². The quantitative estimate of drug-likeness (QED) is 0.434. The fourth-order valence-electron chi connectivity index (χ4n) is 0.895. The van der Waals surface area contributed by atoms with Crippen molar-refractivity contribution in [2.24, 2.45) is 0 Å². The Morgan fingerprint density at radius 2 is 2.46 bits per heavy atom. The maximum absolute atomic E-state index is 10.5. The van der Waals surface area contributed by atoms with E-state index in [4.69, 9.17) is 0 Å². The zero-order chi connectivity index (χ0) is 9.90. The maximum atomic E-state index is 10.5. The van der Waals surface area contributed by atoms with Gasteiger partial charge in [0, 0.05) is 4.92 Å². The zero-order valence-corrected chi connectivity index (χ0v) is 7.36. The molecule has 6 heteroatoms. The molecule has 1 atom stereocenters. The van der Waals surface area contributed by atoms with Crippen molar-refractivity contribution in [1.29, 1.82) is 0 Å². The van der Waals surface area contributed by atoms with Crippen LogP contribution in [0.5, 0.6) is 0 Å². The van der Waals surface area contributed by atoms with E-state index in [-0.39, 0.29) is 6.29 Å². The van der Waals surface area contributed by atoms with Crippen molar-refractivity contribution in [2.45, 2.75) is 5.60 Å². The fraction of sp³-hybridized carbons (Fsp3) is 0.286. The van der Waals surface area contributed by atoms with Gasteiger partial charge in [-0.1, -0.05) is 6.07 Å². The minimum atomic E-state index is -1.97. The Kier molecular flexibility index (Phi) is 2.74. The van der Waals surface area contributed by atoms with Crippen LogP contribution in [0.2, 0.25) is 0 Å². The molecule has 0 saturated heterocycles. The van der Waals surface area contributed by atoms with Gasteiger partial charge in [0.2, 0.25) is 12.1 Å². The van der Waals surface area contributed by atoms with E-state index < -0.39 is 17.1 Å². The summed E-state index contributed by atoms with van der Waals surface area (Å²) in [5.74, 6) is 0. The van der Waals surface area contributed by atoms with Crippen LogP contribution >= 0.6 is 11.3 Å². The van der Waals surface area contributed by atoms with Gasteiger partial charge >= 0.3 is 0 Å². The number of aldehydes is 1. The SMILES string of the molecule is O=C[C@@](O)(C[N+](=O)[O-])c1cccs1. The lowest BCUT2D eigenvalue weighted by Crippen LogP contribution is -2.34. The predicted octanol–water partition coefficient (Wildman–Crippen LogP) is 0.411. The van der Waals surface area contributed by atoms with Crippen molar-refractivity contribution in [3.63, 3.8) is 0 Å². The van der Waals surface area contributed by atoms with Crippen molar-refractivity contribution in [3.05, 3.63) is 32.5 Å². The number of hydrogen-bond donors (Lipinski definition) is 1. The summed E-state index contributed by atoms with van der Waals surface area (Å²) in [6, 6.07) is 3.11. The van der Waals surface area contributed by atoms with Crippen molar-refractivity contribution in [1.82, 2.24) is 0 Å². The largest absolute Gasteiger partial charge is 0.371 e. The van der Waals surface area contributed by atoms with E-state index in [2.05, 4.69) is 0 Å². The molecule has 0 amide bonds. The van der Waals surface area contributed by atoms with Crippen LogP contribution in [0.1, 0.15) is 4.88 Å². The molecule has 0 aromatic carbocycles. The molecule has 1 aromatic heterocycles. The number of hydrogen-bond acceptors (Lipinski definition) is 5. The first-order valence-corrected chi connectivity index (χ1v) is 4.31. The van der Waals surface area contributed by atoms with Crippen LogP contribution in [0.25, 0.3) is 0 Å². The molecule has 70 valence electrons. The molecule has 5 nitrogen and oxygen atoms in total. The van der Waals surface area contributed by atoms with Crippen molar-refractivity contribution in [2.75, 3.05) is 6.54 Å². The Morgan fingerprint density at radius 1 is 1.77 bits per heavy atom. The first-order chi connectivity index (χ1) is 6.08. The highest BCUT2D eigenvalue weighted by Crippen LogP contribution is 2.23. The number of thiophene rings is 1. The van der Waals surface area contributed by atoms with Gasteiger partial charge in [-0.05, 0) is 11.4 Å².